The first-order valence-corrected chi connectivity index (χ1v) is 4.94. The third-order valence-electron chi connectivity index (χ3n) is 2.51. The van der Waals surface area contributed by atoms with Crippen molar-refractivity contribution in [3.63, 3.8) is 0 Å². The second-order valence-electron chi connectivity index (χ2n) is 3.46. The van der Waals surface area contributed by atoms with Crippen LogP contribution in [0.3, 0.4) is 0 Å². The molecule has 0 fully saturated rings. The monoisotopic (exact) mass is 223 g/mol. The molecule has 1 heterocycles. The molecule has 1 aromatic carbocycles. The van der Waals surface area contributed by atoms with Crippen LogP contribution in [-0.2, 0) is 4.79 Å². The Labute approximate surface area is 92.4 Å². The summed E-state index contributed by atoms with van der Waals surface area (Å²) in [5.74, 6) is -0.655. The number of amides is 1. The molecule has 1 aromatic rings. The van der Waals surface area contributed by atoms with Gasteiger partial charge in [-0.15, -0.1) is 0 Å². The highest BCUT2D eigenvalue weighted by Crippen LogP contribution is 2.32. The van der Waals surface area contributed by atoms with E-state index in [2.05, 4.69) is 5.32 Å². The molecule has 15 heavy (non-hydrogen) atoms. The van der Waals surface area contributed by atoms with Crippen LogP contribution in [-0.4, -0.2) is 11.0 Å². The van der Waals surface area contributed by atoms with E-state index in [-0.39, 0.29) is 11.8 Å². The Morgan fingerprint density at radius 2 is 2.07 bits per heavy atom. The highest BCUT2D eigenvalue weighted by Gasteiger charge is 2.30. The molecule has 2 rings (SSSR count). The Bertz CT molecular complexity index is 454. The first-order chi connectivity index (χ1) is 7.11. The molecule has 3 nitrogen and oxygen atoms in total. The first-order valence-electron chi connectivity index (χ1n) is 4.56. The zero-order valence-corrected chi connectivity index (χ0v) is 8.88. The average Bonchev–Trinajstić information content (AvgIpc) is 2.47. The van der Waals surface area contributed by atoms with Gasteiger partial charge in [0.2, 0.25) is 0 Å². The molecule has 78 valence electrons. The van der Waals surface area contributed by atoms with Crippen LogP contribution in [0.2, 0.25) is 5.02 Å². The Kier molecular flexibility index (Phi) is 2.40. The van der Waals surface area contributed by atoms with E-state index in [1.807, 2.05) is 18.2 Å². The highest BCUT2D eigenvalue weighted by molar-refractivity contribution is 6.31. The number of hydrogen-bond donors (Lipinski definition) is 2. The molecule has 2 N–H and O–H groups in total. The van der Waals surface area contributed by atoms with Crippen molar-refractivity contribution in [3.8, 4) is 0 Å². The molecule has 0 spiro atoms. The summed E-state index contributed by atoms with van der Waals surface area (Å²) in [6.45, 7) is 1.71. The first kappa shape index (κ1) is 10.1. The molecule has 0 aliphatic carbocycles. The molecule has 1 aliphatic heterocycles. The average molecular weight is 224 g/mol. The fourth-order valence-corrected chi connectivity index (χ4v) is 1.89. The van der Waals surface area contributed by atoms with Gasteiger partial charge in [0.1, 0.15) is 0 Å². The van der Waals surface area contributed by atoms with E-state index in [9.17, 15) is 9.90 Å². The maximum Gasteiger partial charge on any atom is 0.286 e. The van der Waals surface area contributed by atoms with Gasteiger partial charge in [-0.05, 0) is 18.6 Å². The van der Waals surface area contributed by atoms with Crippen LogP contribution in [0.1, 0.15) is 18.5 Å². The third-order valence-corrected chi connectivity index (χ3v) is 2.86. The lowest BCUT2D eigenvalue weighted by atomic mass is 10.0. The lowest BCUT2D eigenvalue weighted by Crippen LogP contribution is -2.22. The van der Waals surface area contributed by atoms with Gasteiger partial charge in [-0.2, -0.15) is 0 Å². The van der Waals surface area contributed by atoms with E-state index in [1.165, 1.54) is 0 Å². The quantitative estimate of drug-likeness (QED) is 0.768. The summed E-state index contributed by atoms with van der Waals surface area (Å²) in [4.78, 5) is 11.2. The second-order valence-corrected chi connectivity index (χ2v) is 3.87. The predicted octanol–water partition coefficient (Wildman–Crippen LogP) is 2.34. The minimum Gasteiger partial charge on any atom is -0.503 e. The number of aliphatic hydroxyl groups excluding tert-OH is 1. The number of carbonyl (C=O) groups excluding carboxylic acids is 1. The summed E-state index contributed by atoms with van der Waals surface area (Å²) in [7, 11) is 0. The van der Waals surface area contributed by atoms with Crippen molar-refractivity contribution >= 4 is 17.5 Å². The molecular formula is C11H10ClNO2. The molecular weight excluding hydrogens is 214 g/mol. The SMILES string of the molecule is CC1=C(O)C(=O)NC1c1ccccc1Cl. The van der Waals surface area contributed by atoms with Gasteiger partial charge >= 0.3 is 0 Å². The van der Waals surface area contributed by atoms with Crippen LogP contribution in [0.15, 0.2) is 35.6 Å². The number of benzene rings is 1. The van der Waals surface area contributed by atoms with Crippen LogP contribution in [0.25, 0.3) is 0 Å². The zero-order valence-electron chi connectivity index (χ0n) is 8.12. The maximum atomic E-state index is 11.2. The summed E-state index contributed by atoms with van der Waals surface area (Å²) in [5, 5.41) is 12.7. The molecule has 1 unspecified atom stereocenters. The summed E-state index contributed by atoms with van der Waals surface area (Å²) < 4.78 is 0. The Hall–Kier alpha value is -1.48. The number of halogens is 1. The van der Waals surface area contributed by atoms with Crippen LogP contribution in [0, 0.1) is 0 Å². The van der Waals surface area contributed by atoms with E-state index in [4.69, 9.17) is 11.6 Å². The number of rotatable bonds is 1. The van der Waals surface area contributed by atoms with Crippen LogP contribution in [0.5, 0.6) is 0 Å². The minimum absolute atomic E-state index is 0.208. The van der Waals surface area contributed by atoms with Gasteiger partial charge in [0.15, 0.2) is 5.76 Å². The lowest BCUT2D eigenvalue weighted by Gasteiger charge is -2.13. The van der Waals surface area contributed by atoms with Gasteiger partial charge < -0.3 is 10.4 Å². The van der Waals surface area contributed by atoms with Crippen molar-refractivity contribution in [1.82, 2.24) is 5.32 Å². The van der Waals surface area contributed by atoms with Crippen molar-refractivity contribution in [1.29, 1.82) is 0 Å². The summed E-state index contributed by atoms with van der Waals surface area (Å²) in [5.41, 5.74) is 1.40. The predicted molar refractivity (Wildman–Crippen MR) is 57.7 cm³/mol. The standard InChI is InChI=1S/C11H10ClNO2/c1-6-9(13-11(15)10(6)14)7-4-2-3-5-8(7)12/h2-5,9,14H,1H3,(H,13,15). The Balaban J connectivity index is 2.44. The van der Waals surface area contributed by atoms with Crippen molar-refractivity contribution < 1.29 is 9.90 Å². The highest BCUT2D eigenvalue weighted by atomic mass is 35.5. The van der Waals surface area contributed by atoms with Crippen LogP contribution >= 0.6 is 11.6 Å². The topological polar surface area (TPSA) is 49.3 Å². The molecule has 1 amide bonds. The maximum absolute atomic E-state index is 11.2. The third kappa shape index (κ3) is 1.59. The molecule has 0 saturated carbocycles. The molecule has 1 aliphatic rings. The molecule has 0 aromatic heterocycles. The van der Waals surface area contributed by atoms with Crippen LogP contribution < -0.4 is 5.32 Å². The fourth-order valence-electron chi connectivity index (χ4n) is 1.64. The second kappa shape index (κ2) is 3.59. The van der Waals surface area contributed by atoms with Crippen molar-refractivity contribution in [2.45, 2.75) is 13.0 Å². The molecule has 0 saturated heterocycles. The van der Waals surface area contributed by atoms with Crippen LogP contribution in [0.4, 0.5) is 0 Å². The van der Waals surface area contributed by atoms with E-state index in [1.54, 1.807) is 13.0 Å². The lowest BCUT2D eigenvalue weighted by molar-refractivity contribution is -0.119. The largest absolute Gasteiger partial charge is 0.503 e. The summed E-state index contributed by atoms with van der Waals surface area (Å²) in [6, 6.07) is 6.93. The normalized spacial score (nSPS) is 20.7. The number of aliphatic hydroxyl groups is 1. The zero-order chi connectivity index (χ0) is 11.0. The van der Waals surface area contributed by atoms with E-state index < -0.39 is 5.91 Å². The minimum atomic E-state index is -0.447. The molecule has 0 radical (unpaired) electrons. The summed E-state index contributed by atoms with van der Waals surface area (Å²) in [6.07, 6.45) is 0. The molecule has 4 heteroatoms. The van der Waals surface area contributed by atoms with Gasteiger partial charge in [-0.1, -0.05) is 29.8 Å². The van der Waals surface area contributed by atoms with E-state index >= 15 is 0 Å². The number of carbonyl (C=O) groups is 1. The molecule has 0 bridgehead atoms. The Morgan fingerprint density at radius 3 is 2.60 bits per heavy atom. The van der Waals surface area contributed by atoms with Gasteiger partial charge in [0.05, 0.1) is 6.04 Å². The van der Waals surface area contributed by atoms with E-state index in [0.717, 1.165) is 5.56 Å². The smallest absolute Gasteiger partial charge is 0.286 e. The number of nitrogens with one attached hydrogen (secondary N) is 1. The molecule has 1 atom stereocenters. The summed E-state index contributed by atoms with van der Waals surface area (Å²) >= 11 is 6.01. The van der Waals surface area contributed by atoms with Crippen molar-refractivity contribution in [2.75, 3.05) is 0 Å². The van der Waals surface area contributed by atoms with Gasteiger partial charge in [0, 0.05) is 10.6 Å². The fraction of sp³-hybridized carbons (Fsp3) is 0.182. The van der Waals surface area contributed by atoms with Crippen molar-refractivity contribution in [3.05, 3.63) is 46.2 Å². The Morgan fingerprint density at radius 1 is 1.40 bits per heavy atom. The van der Waals surface area contributed by atoms with E-state index in [0.29, 0.717) is 10.6 Å². The van der Waals surface area contributed by atoms with Gasteiger partial charge in [0.25, 0.3) is 5.91 Å². The van der Waals surface area contributed by atoms with Gasteiger partial charge in [-0.3, -0.25) is 4.79 Å². The number of hydrogen-bond acceptors (Lipinski definition) is 2. The van der Waals surface area contributed by atoms with Gasteiger partial charge in [-0.25, -0.2) is 0 Å². The van der Waals surface area contributed by atoms with Crippen molar-refractivity contribution in [2.24, 2.45) is 0 Å².